The molecule has 2 aliphatic heterocycles. The van der Waals surface area contributed by atoms with Crippen molar-refractivity contribution in [3.05, 3.63) is 81.5 Å². The molecule has 0 saturated heterocycles. The molecule has 6 rings (SSSR count). The van der Waals surface area contributed by atoms with E-state index in [1.807, 2.05) is 32.5 Å². The molecule has 6 heteroatoms. The quantitative estimate of drug-likeness (QED) is 0.0337. The van der Waals surface area contributed by atoms with Gasteiger partial charge in [-0.25, -0.2) is 0 Å². The van der Waals surface area contributed by atoms with Crippen molar-refractivity contribution in [2.24, 2.45) is 11.8 Å². The minimum absolute atomic E-state index is 0.00981. The minimum Gasteiger partial charge on any atom is -0.307 e. The van der Waals surface area contributed by atoms with E-state index in [-0.39, 0.29) is 11.8 Å². The van der Waals surface area contributed by atoms with Crippen LogP contribution >= 0.6 is 22.7 Å². The molecule has 2 aromatic heterocycles. The molecule has 0 saturated carbocycles. The van der Waals surface area contributed by atoms with Crippen LogP contribution in [0.3, 0.4) is 0 Å². The van der Waals surface area contributed by atoms with Crippen molar-refractivity contribution >= 4 is 57.0 Å². The lowest BCUT2D eigenvalue weighted by Crippen LogP contribution is -2.34. The maximum atomic E-state index is 15.4. The minimum atomic E-state index is -0.00981. The smallest absolute Gasteiger partial charge is 0.259 e. The topological polar surface area (TPSA) is 40.6 Å². The van der Waals surface area contributed by atoms with Crippen LogP contribution in [0.4, 0.5) is 11.4 Å². The van der Waals surface area contributed by atoms with Crippen molar-refractivity contribution in [2.75, 3.05) is 22.9 Å². The molecule has 0 spiro atoms. The zero-order valence-corrected chi connectivity index (χ0v) is 46.7. The van der Waals surface area contributed by atoms with Crippen molar-refractivity contribution in [2.45, 2.75) is 234 Å². The van der Waals surface area contributed by atoms with Gasteiger partial charge >= 0.3 is 0 Å². The monoisotopic (exact) mass is 987 g/mol. The number of amides is 2. The summed E-state index contributed by atoms with van der Waals surface area (Å²) in [5, 5.41) is 4.69. The molecule has 70 heavy (non-hydrogen) atoms. The van der Waals surface area contributed by atoms with Gasteiger partial charge in [0.1, 0.15) is 0 Å². The fourth-order valence-corrected chi connectivity index (χ4v) is 13.0. The first-order valence-electron chi connectivity index (χ1n) is 29.2. The van der Waals surface area contributed by atoms with Gasteiger partial charge in [-0.1, -0.05) is 208 Å². The zero-order chi connectivity index (χ0) is 49.5. The van der Waals surface area contributed by atoms with Gasteiger partial charge in [-0.15, -0.1) is 22.7 Å². The highest BCUT2D eigenvalue weighted by Crippen LogP contribution is 2.50. The van der Waals surface area contributed by atoms with E-state index in [0.717, 1.165) is 97.8 Å². The molecule has 2 aromatic carbocycles. The molecular formula is C64H94N2O2S2. The Kier molecular flexibility index (Phi) is 24.3. The van der Waals surface area contributed by atoms with Crippen LogP contribution < -0.4 is 9.80 Å². The van der Waals surface area contributed by atoms with Crippen LogP contribution in [0.5, 0.6) is 0 Å². The fourth-order valence-electron chi connectivity index (χ4n) is 11.1. The summed E-state index contributed by atoms with van der Waals surface area (Å²) in [7, 11) is 0. The van der Waals surface area contributed by atoms with E-state index in [1.165, 1.54) is 149 Å². The molecule has 0 fully saturated rings. The number of carbonyl (C=O) groups excluding carboxylic acids is 2. The average Bonchev–Trinajstić information content (AvgIpc) is 4.17. The maximum absolute atomic E-state index is 15.4. The van der Waals surface area contributed by atoms with E-state index in [0.29, 0.717) is 36.1 Å². The fraction of sp³-hybridized carbons (Fsp3) is 0.625. The summed E-state index contributed by atoms with van der Waals surface area (Å²) in [6, 6.07) is 18.1. The molecule has 2 unspecified atom stereocenters. The van der Waals surface area contributed by atoms with Gasteiger partial charge in [-0.05, 0) is 120 Å². The van der Waals surface area contributed by atoms with Crippen molar-refractivity contribution in [1.29, 1.82) is 0 Å². The summed E-state index contributed by atoms with van der Waals surface area (Å²) < 4.78 is 0. The van der Waals surface area contributed by atoms with Gasteiger partial charge in [0.2, 0.25) is 0 Å². The first-order chi connectivity index (χ1) is 34.3. The lowest BCUT2D eigenvalue weighted by Gasteiger charge is -2.24. The molecule has 2 atom stereocenters. The molecule has 2 amide bonds. The van der Waals surface area contributed by atoms with E-state index >= 15 is 9.59 Å². The highest BCUT2D eigenvalue weighted by atomic mass is 32.1. The van der Waals surface area contributed by atoms with Gasteiger partial charge < -0.3 is 9.80 Å². The number of carbonyl (C=O) groups is 2. The Balaban J connectivity index is 1.28. The Hall–Kier alpha value is -3.48. The van der Waals surface area contributed by atoms with Gasteiger partial charge in [-0.3, -0.25) is 9.59 Å². The highest BCUT2D eigenvalue weighted by Gasteiger charge is 2.43. The Morgan fingerprint density at radius 1 is 0.414 bits per heavy atom. The number of fused-ring (bicyclic) bond motifs is 2. The molecule has 0 N–H and O–H groups in total. The lowest BCUT2D eigenvalue weighted by molar-refractivity contribution is -0.114. The second-order valence-electron chi connectivity index (χ2n) is 21.4. The first-order valence-corrected chi connectivity index (χ1v) is 30.9. The summed E-state index contributed by atoms with van der Waals surface area (Å²) >= 11 is 3.64. The van der Waals surface area contributed by atoms with Crippen molar-refractivity contribution in [3.8, 4) is 20.9 Å². The normalized spacial score (nSPS) is 15.4. The molecule has 4 aromatic rings. The summed E-state index contributed by atoms with van der Waals surface area (Å²) in [4.78, 5) is 37.3. The van der Waals surface area contributed by atoms with Gasteiger partial charge in [0.25, 0.3) is 11.8 Å². The van der Waals surface area contributed by atoms with Crippen LogP contribution in [0, 0.1) is 11.8 Å². The Morgan fingerprint density at radius 2 is 0.757 bits per heavy atom. The number of thiophene rings is 2. The summed E-state index contributed by atoms with van der Waals surface area (Å²) in [6.07, 6.45) is 38.1. The Labute approximate surface area is 435 Å². The molecule has 4 heterocycles. The first kappa shape index (κ1) is 55.8. The lowest BCUT2D eigenvalue weighted by atomic mass is 9.94. The van der Waals surface area contributed by atoms with Crippen molar-refractivity contribution in [1.82, 2.24) is 0 Å². The molecule has 2 aliphatic rings. The van der Waals surface area contributed by atoms with Crippen molar-refractivity contribution in [3.63, 3.8) is 0 Å². The molecule has 0 bridgehead atoms. The van der Waals surface area contributed by atoms with Gasteiger partial charge in [0.15, 0.2) is 0 Å². The van der Waals surface area contributed by atoms with Crippen LogP contribution in [0.1, 0.15) is 244 Å². The number of aryl methyl sites for hydroxylation is 2. The van der Waals surface area contributed by atoms with Gasteiger partial charge in [0.05, 0.1) is 22.5 Å². The Bertz CT molecular complexity index is 2060. The van der Waals surface area contributed by atoms with Crippen molar-refractivity contribution < 1.29 is 9.59 Å². The van der Waals surface area contributed by atoms with E-state index in [9.17, 15) is 0 Å². The molecule has 0 aliphatic carbocycles. The second kappa shape index (κ2) is 30.5. The van der Waals surface area contributed by atoms with E-state index in [1.54, 1.807) is 0 Å². The number of benzene rings is 2. The van der Waals surface area contributed by atoms with Crippen LogP contribution in [-0.4, -0.2) is 24.9 Å². The predicted octanol–water partition coefficient (Wildman–Crippen LogP) is 20.1. The number of rotatable bonds is 36. The van der Waals surface area contributed by atoms with Crippen LogP contribution in [-0.2, 0) is 22.4 Å². The summed E-state index contributed by atoms with van der Waals surface area (Å²) in [5.41, 5.74) is 10.1. The summed E-state index contributed by atoms with van der Waals surface area (Å²) in [5.74, 6) is 0.783. The van der Waals surface area contributed by atoms with E-state index in [4.69, 9.17) is 0 Å². The third kappa shape index (κ3) is 15.8. The number of nitrogens with zero attached hydrogens (tertiary/aromatic N) is 2. The number of anilines is 2. The molecular weight excluding hydrogens is 893 g/mol. The molecule has 384 valence electrons. The number of hydrogen-bond acceptors (Lipinski definition) is 4. The molecule has 4 nitrogen and oxygen atoms in total. The summed E-state index contributed by atoms with van der Waals surface area (Å²) in [6.45, 7) is 15.0. The standard InChI is InChI=1S/C64H94N2O2S2/c1-7-13-17-19-21-23-25-27-29-31-35-51-41-59(69-47-51)53-37-39-57-55(43-53)61(63(67)65(57)45-49(11-5)33-15-9-3)62-56-44-54(38-40-58(56)66(64(62)68)46-50(12-6)34-16-10-4)60-42-52(48-70-60)36-32-30-28-26-24-22-20-18-14-8-2/h37-44,47-50H,7-36,45-46H2,1-6H3/b62-61+. The Morgan fingerprint density at radius 3 is 1.10 bits per heavy atom. The van der Waals surface area contributed by atoms with Gasteiger partial charge in [-0.2, -0.15) is 0 Å². The average molecular weight is 988 g/mol. The third-order valence-corrected chi connectivity index (χ3v) is 17.8. The largest absolute Gasteiger partial charge is 0.307 e. The predicted molar refractivity (Wildman–Crippen MR) is 309 cm³/mol. The third-order valence-electron chi connectivity index (χ3n) is 15.8. The van der Waals surface area contributed by atoms with E-state index in [2.05, 4.69) is 101 Å². The number of unbranched alkanes of at least 4 members (excludes halogenated alkanes) is 20. The maximum Gasteiger partial charge on any atom is 0.259 e. The SMILES string of the molecule is CCCCCCCCCCCCc1csc(-c2ccc3c(c2)/C(=C2\C(=O)N(CC(CC)CCCC)c4ccc(-c5cc(CCCCCCCCCCCC)cs5)cc42)C(=O)N3CC(CC)CCCC)c1. The van der Waals surface area contributed by atoms with Gasteiger partial charge in [0, 0.05) is 34.0 Å². The van der Waals surface area contributed by atoms with Crippen LogP contribution in [0.2, 0.25) is 0 Å². The van der Waals surface area contributed by atoms with E-state index < -0.39 is 0 Å². The van der Waals surface area contributed by atoms with Crippen LogP contribution in [0.15, 0.2) is 59.3 Å². The van der Waals surface area contributed by atoms with Crippen LogP contribution in [0.25, 0.3) is 32.0 Å². The number of hydrogen-bond donors (Lipinski definition) is 0. The molecule has 0 radical (unpaired) electrons. The highest BCUT2D eigenvalue weighted by molar-refractivity contribution is 7.14. The second-order valence-corrected chi connectivity index (χ2v) is 23.2. The zero-order valence-electron chi connectivity index (χ0n) is 45.1.